The number of nitrogen functional groups attached to an aromatic ring is 1. The third kappa shape index (κ3) is 4.54. The standard InChI is InChI=1S/C9H16N4O2S/c1-2-5-15-6-3-4-11-7(14)8-12-13-9(10)16-8/h2-6H2,1H3,(H2,10,13)(H,11,14). The lowest BCUT2D eigenvalue weighted by molar-refractivity contribution is 0.0940. The number of amides is 1. The number of aromatic nitrogens is 2. The molecule has 1 aromatic heterocycles. The molecule has 1 aromatic rings. The minimum Gasteiger partial charge on any atom is -0.381 e. The van der Waals surface area contributed by atoms with Crippen LogP contribution in [0.3, 0.4) is 0 Å². The van der Waals surface area contributed by atoms with Gasteiger partial charge in [-0.1, -0.05) is 18.3 Å². The average Bonchev–Trinajstić information content (AvgIpc) is 2.70. The maximum atomic E-state index is 11.4. The lowest BCUT2D eigenvalue weighted by atomic mass is 10.4. The first kappa shape index (κ1) is 12.9. The Morgan fingerprint density at radius 1 is 1.50 bits per heavy atom. The maximum absolute atomic E-state index is 11.4. The molecule has 1 rings (SSSR count). The molecule has 0 radical (unpaired) electrons. The Kier molecular flexibility index (Phi) is 5.73. The normalized spacial score (nSPS) is 10.3. The Hall–Kier alpha value is -1.21. The van der Waals surface area contributed by atoms with E-state index in [0.29, 0.717) is 23.3 Å². The third-order valence-corrected chi connectivity index (χ3v) is 2.49. The van der Waals surface area contributed by atoms with Crippen LogP contribution in [0.1, 0.15) is 29.6 Å². The van der Waals surface area contributed by atoms with E-state index in [1.807, 2.05) is 0 Å². The molecule has 0 fully saturated rings. The number of hydrogen-bond donors (Lipinski definition) is 2. The summed E-state index contributed by atoms with van der Waals surface area (Å²) < 4.78 is 5.28. The molecule has 0 atom stereocenters. The Morgan fingerprint density at radius 3 is 2.94 bits per heavy atom. The molecule has 90 valence electrons. The number of carbonyl (C=O) groups excluding carboxylic acids is 1. The zero-order chi connectivity index (χ0) is 11.8. The van der Waals surface area contributed by atoms with Crippen LogP contribution >= 0.6 is 11.3 Å². The number of carbonyl (C=O) groups is 1. The van der Waals surface area contributed by atoms with Crippen LogP contribution in [-0.4, -0.2) is 35.9 Å². The van der Waals surface area contributed by atoms with E-state index in [2.05, 4.69) is 22.4 Å². The average molecular weight is 244 g/mol. The fourth-order valence-corrected chi connectivity index (χ4v) is 1.55. The van der Waals surface area contributed by atoms with Crippen LogP contribution in [0.5, 0.6) is 0 Å². The van der Waals surface area contributed by atoms with E-state index in [9.17, 15) is 4.79 Å². The van der Waals surface area contributed by atoms with Gasteiger partial charge in [-0.2, -0.15) is 0 Å². The molecule has 0 saturated carbocycles. The lowest BCUT2D eigenvalue weighted by Gasteiger charge is -2.03. The van der Waals surface area contributed by atoms with Crippen molar-refractivity contribution >= 4 is 22.4 Å². The SMILES string of the molecule is CCCOCCCNC(=O)c1nnc(N)s1. The molecule has 0 aliphatic heterocycles. The van der Waals surface area contributed by atoms with Gasteiger partial charge in [0.25, 0.3) is 5.91 Å². The van der Waals surface area contributed by atoms with Gasteiger partial charge in [0.15, 0.2) is 0 Å². The quantitative estimate of drug-likeness (QED) is 0.688. The molecule has 0 saturated heterocycles. The maximum Gasteiger partial charge on any atom is 0.282 e. The Labute approximate surface area is 98.2 Å². The Balaban J connectivity index is 2.11. The first-order valence-corrected chi connectivity index (χ1v) is 6.00. The van der Waals surface area contributed by atoms with Gasteiger partial charge in [0.1, 0.15) is 0 Å². The van der Waals surface area contributed by atoms with Crippen molar-refractivity contribution in [2.45, 2.75) is 19.8 Å². The highest BCUT2D eigenvalue weighted by Crippen LogP contribution is 2.10. The second-order valence-electron chi connectivity index (χ2n) is 3.17. The topological polar surface area (TPSA) is 90.1 Å². The van der Waals surface area contributed by atoms with Crippen LogP contribution in [0.15, 0.2) is 0 Å². The van der Waals surface area contributed by atoms with Gasteiger partial charge in [-0.05, 0) is 12.8 Å². The monoisotopic (exact) mass is 244 g/mol. The summed E-state index contributed by atoms with van der Waals surface area (Å²) in [7, 11) is 0. The molecule has 0 aliphatic rings. The molecule has 0 aromatic carbocycles. The molecule has 7 heteroatoms. The molecular formula is C9H16N4O2S. The summed E-state index contributed by atoms with van der Waals surface area (Å²) in [4.78, 5) is 11.4. The van der Waals surface area contributed by atoms with Gasteiger partial charge in [0, 0.05) is 19.8 Å². The fourth-order valence-electron chi connectivity index (χ4n) is 1.02. The van der Waals surface area contributed by atoms with Crippen LogP contribution in [0.25, 0.3) is 0 Å². The lowest BCUT2D eigenvalue weighted by Crippen LogP contribution is -2.25. The highest BCUT2D eigenvalue weighted by Gasteiger charge is 2.10. The summed E-state index contributed by atoms with van der Waals surface area (Å²) in [6.07, 6.45) is 1.80. The van der Waals surface area contributed by atoms with Gasteiger partial charge in [-0.3, -0.25) is 4.79 Å². The van der Waals surface area contributed by atoms with Crippen molar-refractivity contribution in [3.05, 3.63) is 5.01 Å². The van der Waals surface area contributed by atoms with Gasteiger partial charge in [0.2, 0.25) is 10.1 Å². The molecule has 16 heavy (non-hydrogen) atoms. The predicted molar refractivity (Wildman–Crippen MR) is 62.4 cm³/mol. The van der Waals surface area contributed by atoms with Crippen molar-refractivity contribution in [3.8, 4) is 0 Å². The molecule has 1 heterocycles. The van der Waals surface area contributed by atoms with E-state index in [-0.39, 0.29) is 5.91 Å². The van der Waals surface area contributed by atoms with Crippen molar-refractivity contribution in [1.82, 2.24) is 15.5 Å². The number of nitrogens with two attached hydrogens (primary N) is 1. The summed E-state index contributed by atoms with van der Waals surface area (Å²) in [6.45, 7) is 4.05. The van der Waals surface area contributed by atoms with E-state index in [1.54, 1.807) is 0 Å². The van der Waals surface area contributed by atoms with Gasteiger partial charge >= 0.3 is 0 Å². The van der Waals surface area contributed by atoms with Crippen molar-refractivity contribution in [3.63, 3.8) is 0 Å². The third-order valence-electron chi connectivity index (χ3n) is 1.73. The van der Waals surface area contributed by atoms with E-state index in [0.717, 1.165) is 30.8 Å². The fraction of sp³-hybridized carbons (Fsp3) is 0.667. The van der Waals surface area contributed by atoms with E-state index >= 15 is 0 Å². The zero-order valence-electron chi connectivity index (χ0n) is 9.23. The van der Waals surface area contributed by atoms with Crippen molar-refractivity contribution in [2.75, 3.05) is 25.5 Å². The second-order valence-corrected chi connectivity index (χ2v) is 4.18. The minimum absolute atomic E-state index is 0.232. The molecule has 3 N–H and O–H groups in total. The van der Waals surface area contributed by atoms with E-state index in [4.69, 9.17) is 10.5 Å². The molecule has 0 aliphatic carbocycles. The van der Waals surface area contributed by atoms with Crippen LogP contribution in [0.2, 0.25) is 0 Å². The van der Waals surface area contributed by atoms with Gasteiger partial charge in [0.05, 0.1) is 0 Å². The van der Waals surface area contributed by atoms with Crippen molar-refractivity contribution in [2.24, 2.45) is 0 Å². The molecular weight excluding hydrogens is 228 g/mol. The molecule has 6 nitrogen and oxygen atoms in total. The van der Waals surface area contributed by atoms with Crippen LogP contribution in [0, 0.1) is 0 Å². The summed E-state index contributed by atoms with van der Waals surface area (Å²) in [5.41, 5.74) is 5.37. The minimum atomic E-state index is -0.232. The number of ether oxygens (including phenoxy) is 1. The largest absolute Gasteiger partial charge is 0.381 e. The first-order valence-electron chi connectivity index (χ1n) is 5.19. The molecule has 0 bridgehead atoms. The van der Waals surface area contributed by atoms with Crippen LogP contribution in [0.4, 0.5) is 5.13 Å². The molecule has 1 amide bonds. The second kappa shape index (κ2) is 7.13. The van der Waals surface area contributed by atoms with Crippen LogP contribution < -0.4 is 11.1 Å². The number of nitrogens with one attached hydrogen (secondary N) is 1. The van der Waals surface area contributed by atoms with E-state index < -0.39 is 0 Å². The number of nitrogens with zero attached hydrogens (tertiary/aromatic N) is 2. The van der Waals surface area contributed by atoms with Crippen molar-refractivity contribution < 1.29 is 9.53 Å². The summed E-state index contributed by atoms with van der Waals surface area (Å²) >= 11 is 1.08. The Bertz CT molecular complexity index is 329. The first-order chi connectivity index (χ1) is 7.74. The number of anilines is 1. The summed E-state index contributed by atoms with van der Waals surface area (Å²) in [6, 6.07) is 0. The Morgan fingerprint density at radius 2 is 2.31 bits per heavy atom. The van der Waals surface area contributed by atoms with Gasteiger partial charge in [-0.15, -0.1) is 10.2 Å². The highest BCUT2D eigenvalue weighted by molar-refractivity contribution is 7.16. The number of rotatable bonds is 7. The molecule has 0 spiro atoms. The zero-order valence-corrected chi connectivity index (χ0v) is 10.0. The predicted octanol–water partition coefficient (Wildman–Crippen LogP) is 0.667. The summed E-state index contributed by atoms with van der Waals surface area (Å²) in [5, 5.41) is 10.5. The van der Waals surface area contributed by atoms with Gasteiger partial charge in [-0.25, -0.2) is 0 Å². The summed E-state index contributed by atoms with van der Waals surface area (Å²) in [5.74, 6) is -0.232. The van der Waals surface area contributed by atoms with Crippen LogP contribution in [-0.2, 0) is 4.74 Å². The van der Waals surface area contributed by atoms with Crippen molar-refractivity contribution in [1.29, 1.82) is 0 Å². The molecule has 0 unspecified atom stereocenters. The smallest absolute Gasteiger partial charge is 0.282 e. The highest BCUT2D eigenvalue weighted by atomic mass is 32.1. The number of hydrogen-bond acceptors (Lipinski definition) is 6. The van der Waals surface area contributed by atoms with Gasteiger partial charge < -0.3 is 15.8 Å². The van der Waals surface area contributed by atoms with E-state index in [1.165, 1.54) is 0 Å².